The molecule has 1 atom stereocenters. The van der Waals surface area contributed by atoms with Crippen LogP contribution in [-0.2, 0) is 9.36 Å². The van der Waals surface area contributed by atoms with Crippen molar-refractivity contribution in [1.82, 2.24) is 4.90 Å². The fourth-order valence-electron chi connectivity index (χ4n) is 1.50. The second kappa shape index (κ2) is 11.4. The monoisotopic (exact) mass is 297 g/mol. The first-order chi connectivity index (χ1) is 8.57. The van der Waals surface area contributed by atoms with Gasteiger partial charge in [-0.15, -0.1) is 0 Å². The Morgan fingerprint density at radius 1 is 1.16 bits per heavy atom. The number of amides is 1. The quantitative estimate of drug-likeness (QED) is 0.494. The molecular formula is C12H28NO5P. The predicted molar refractivity (Wildman–Crippen MR) is 75.5 cm³/mol. The molecule has 0 saturated heterocycles. The van der Waals surface area contributed by atoms with E-state index in [9.17, 15) is 4.79 Å². The number of phosphoric acid groups is 1. The van der Waals surface area contributed by atoms with E-state index in [1.807, 2.05) is 14.1 Å². The van der Waals surface area contributed by atoms with Gasteiger partial charge in [0, 0.05) is 20.5 Å². The van der Waals surface area contributed by atoms with Gasteiger partial charge in [0.25, 0.3) is 0 Å². The standard InChI is InChI=1S/C12H25NO.H3O4P/c1-5-6-7-8-9-11(2)10-12(14)13(3)4;1-5(2,3)4/h11H,5-10H2,1-4H3;(H3,1,2,3,4). The molecule has 3 N–H and O–H groups in total. The Labute approximate surface area is 116 Å². The second-order valence-corrected chi connectivity index (χ2v) is 5.99. The molecule has 0 aliphatic rings. The summed E-state index contributed by atoms with van der Waals surface area (Å²) in [6.07, 6.45) is 7.10. The molecule has 1 unspecified atom stereocenters. The molecule has 0 heterocycles. The molecule has 0 aliphatic heterocycles. The van der Waals surface area contributed by atoms with E-state index in [-0.39, 0.29) is 5.91 Å². The lowest BCUT2D eigenvalue weighted by atomic mass is 9.99. The van der Waals surface area contributed by atoms with Gasteiger partial charge in [-0.3, -0.25) is 4.79 Å². The summed E-state index contributed by atoms with van der Waals surface area (Å²) in [7, 11) is -0.988. The molecule has 0 fully saturated rings. The zero-order valence-corrected chi connectivity index (χ0v) is 13.3. The van der Waals surface area contributed by atoms with E-state index in [2.05, 4.69) is 13.8 Å². The molecule has 7 heteroatoms. The van der Waals surface area contributed by atoms with E-state index in [4.69, 9.17) is 19.2 Å². The Balaban J connectivity index is 0. The van der Waals surface area contributed by atoms with Crippen molar-refractivity contribution >= 4 is 13.7 Å². The Morgan fingerprint density at radius 2 is 1.63 bits per heavy atom. The van der Waals surface area contributed by atoms with E-state index in [1.165, 1.54) is 32.1 Å². The van der Waals surface area contributed by atoms with Crippen LogP contribution in [0.1, 0.15) is 52.4 Å². The molecule has 0 aromatic heterocycles. The summed E-state index contributed by atoms with van der Waals surface area (Å²) in [5, 5.41) is 0. The number of rotatable bonds is 7. The Bertz CT molecular complexity index is 269. The lowest BCUT2D eigenvalue weighted by molar-refractivity contribution is -0.129. The van der Waals surface area contributed by atoms with Gasteiger partial charge in [-0.2, -0.15) is 0 Å². The van der Waals surface area contributed by atoms with Gasteiger partial charge >= 0.3 is 7.82 Å². The predicted octanol–water partition coefficient (Wildman–Crippen LogP) is 2.14. The molecule has 0 aromatic rings. The van der Waals surface area contributed by atoms with Crippen LogP contribution in [0.25, 0.3) is 0 Å². The maximum atomic E-state index is 11.4. The van der Waals surface area contributed by atoms with Crippen LogP contribution in [0.2, 0.25) is 0 Å². The van der Waals surface area contributed by atoms with Crippen molar-refractivity contribution in [2.45, 2.75) is 52.4 Å². The Kier molecular flexibility index (Phi) is 12.5. The van der Waals surface area contributed by atoms with E-state index >= 15 is 0 Å². The molecule has 116 valence electrons. The molecule has 1 amide bonds. The molecule has 0 rings (SSSR count). The summed E-state index contributed by atoms with van der Waals surface area (Å²) in [4.78, 5) is 34.6. The van der Waals surface area contributed by atoms with Gasteiger partial charge in [0.15, 0.2) is 0 Å². The molecule has 19 heavy (non-hydrogen) atoms. The highest BCUT2D eigenvalue weighted by Crippen LogP contribution is 2.25. The number of hydrogen-bond donors (Lipinski definition) is 3. The molecule has 0 aliphatic carbocycles. The van der Waals surface area contributed by atoms with Gasteiger partial charge in [-0.1, -0.05) is 46.0 Å². The maximum Gasteiger partial charge on any atom is 0.466 e. The van der Waals surface area contributed by atoms with E-state index in [1.54, 1.807) is 4.90 Å². The number of carbonyl (C=O) groups is 1. The molecule has 0 bridgehead atoms. The van der Waals surface area contributed by atoms with Crippen molar-refractivity contribution in [3.63, 3.8) is 0 Å². The van der Waals surface area contributed by atoms with Crippen molar-refractivity contribution in [1.29, 1.82) is 0 Å². The smallest absolute Gasteiger partial charge is 0.349 e. The second-order valence-electron chi connectivity index (χ2n) is 4.96. The van der Waals surface area contributed by atoms with Crippen LogP contribution in [0, 0.1) is 5.92 Å². The van der Waals surface area contributed by atoms with Crippen LogP contribution in [-0.4, -0.2) is 39.6 Å². The van der Waals surface area contributed by atoms with Crippen molar-refractivity contribution in [2.75, 3.05) is 14.1 Å². The van der Waals surface area contributed by atoms with E-state index < -0.39 is 7.82 Å². The normalized spacial score (nSPS) is 12.4. The van der Waals surface area contributed by atoms with Crippen LogP contribution in [0.5, 0.6) is 0 Å². The van der Waals surface area contributed by atoms with Crippen LogP contribution in [0.4, 0.5) is 0 Å². The third kappa shape index (κ3) is 23.1. The first-order valence-corrected chi connectivity index (χ1v) is 8.12. The minimum absolute atomic E-state index is 0.257. The first-order valence-electron chi connectivity index (χ1n) is 6.56. The summed E-state index contributed by atoms with van der Waals surface area (Å²) >= 11 is 0. The van der Waals surface area contributed by atoms with Crippen molar-refractivity contribution in [2.24, 2.45) is 5.92 Å². The summed E-state index contributed by atoms with van der Waals surface area (Å²) in [6.45, 7) is 4.40. The van der Waals surface area contributed by atoms with Gasteiger partial charge in [-0.05, 0) is 5.92 Å². The molecule has 0 radical (unpaired) electrons. The third-order valence-corrected chi connectivity index (χ3v) is 2.57. The molecule has 6 nitrogen and oxygen atoms in total. The summed E-state index contributed by atoms with van der Waals surface area (Å²) < 4.78 is 8.88. The van der Waals surface area contributed by atoms with Crippen LogP contribution >= 0.6 is 7.82 Å². The van der Waals surface area contributed by atoms with Gasteiger partial charge in [0.05, 0.1) is 0 Å². The van der Waals surface area contributed by atoms with Crippen LogP contribution in [0.3, 0.4) is 0 Å². The van der Waals surface area contributed by atoms with Crippen LogP contribution < -0.4 is 0 Å². The maximum absolute atomic E-state index is 11.4. The number of nitrogens with zero attached hydrogens (tertiary/aromatic N) is 1. The zero-order chi connectivity index (χ0) is 15.5. The number of unbranched alkanes of at least 4 members (excludes halogenated alkanes) is 3. The van der Waals surface area contributed by atoms with Crippen molar-refractivity contribution < 1.29 is 24.0 Å². The van der Waals surface area contributed by atoms with Crippen molar-refractivity contribution in [3.05, 3.63) is 0 Å². The Morgan fingerprint density at radius 3 is 2.00 bits per heavy atom. The number of hydrogen-bond acceptors (Lipinski definition) is 2. The fourth-order valence-corrected chi connectivity index (χ4v) is 1.50. The van der Waals surface area contributed by atoms with Crippen molar-refractivity contribution in [3.8, 4) is 0 Å². The highest BCUT2D eigenvalue weighted by molar-refractivity contribution is 7.45. The summed E-state index contributed by atoms with van der Waals surface area (Å²) in [6, 6.07) is 0. The van der Waals surface area contributed by atoms with Gasteiger partial charge in [0.1, 0.15) is 0 Å². The summed E-state index contributed by atoms with van der Waals surface area (Å²) in [5.74, 6) is 0.801. The third-order valence-electron chi connectivity index (χ3n) is 2.57. The Hall–Kier alpha value is -0.420. The molecule has 0 spiro atoms. The first kappa shape index (κ1) is 20.9. The van der Waals surface area contributed by atoms with E-state index in [0.717, 1.165) is 0 Å². The van der Waals surface area contributed by atoms with E-state index in [0.29, 0.717) is 12.3 Å². The topological polar surface area (TPSA) is 98.1 Å². The highest BCUT2D eigenvalue weighted by atomic mass is 31.2. The average molecular weight is 297 g/mol. The fraction of sp³-hybridized carbons (Fsp3) is 0.917. The summed E-state index contributed by atoms with van der Waals surface area (Å²) in [5.41, 5.74) is 0. The lowest BCUT2D eigenvalue weighted by Gasteiger charge is -2.14. The van der Waals surface area contributed by atoms with Gasteiger partial charge < -0.3 is 19.6 Å². The minimum atomic E-state index is -4.64. The minimum Gasteiger partial charge on any atom is -0.349 e. The molecule has 0 aromatic carbocycles. The van der Waals surface area contributed by atoms with Crippen LogP contribution in [0.15, 0.2) is 0 Å². The number of carbonyl (C=O) groups excluding carboxylic acids is 1. The lowest BCUT2D eigenvalue weighted by Crippen LogP contribution is -2.23. The molecule has 0 saturated carbocycles. The van der Waals surface area contributed by atoms with Gasteiger partial charge in [0.2, 0.25) is 5.91 Å². The average Bonchev–Trinajstić information content (AvgIpc) is 2.22. The molecular weight excluding hydrogens is 269 g/mol. The largest absolute Gasteiger partial charge is 0.466 e. The SMILES string of the molecule is CCCCCCC(C)CC(=O)N(C)C.O=P(O)(O)O. The highest BCUT2D eigenvalue weighted by Gasteiger charge is 2.09. The zero-order valence-electron chi connectivity index (χ0n) is 12.4. The van der Waals surface area contributed by atoms with Gasteiger partial charge in [-0.25, -0.2) is 4.57 Å².